The van der Waals surface area contributed by atoms with Gasteiger partial charge >= 0.3 is 0 Å². The second-order valence-corrected chi connectivity index (χ2v) is 8.20. The minimum Gasteiger partial charge on any atom is -0.464 e. The lowest BCUT2D eigenvalue weighted by atomic mass is 9.99. The summed E-state index contributed by atoms with van der Waals surface area (Å²) >= 11 is 0. The van der Waals surface area contributed by atoms with Crippen LogP contribution in [0.5, 0.6) is 5.75 Å². The highest BCUT2D eigenvalue weighted by Crippen LogP contribution is 2.35. The molecule has 0 radical (unpaired) electrons. The van der Waals surface area contributed by atoms with Crippen LogP contribution in [0.25, 0.3) is 11.0 Å². The molecule has 2 aromatic carbocycles. The number of aliphatic hydroxyl groups is 4. The van der Waals surface area contributed by atoms with Gasteiger partial charge in [-0.2, -0.15) is 0 Å². The quantitative estimate of drug-likeness (QED) is 0.475. The number of benzene rings is 2. The van der Waals surface area contributed by atoms with Gasteiger partial charge in [0.25, 0.3) is 0 Å². The normalized spacial score (nSPS) is 26.3. The van der Waals surface area contributed by atoms with Crippen molar-refractivity contribution in [3.63, 3.8) is 0 Å². The van der Waals surface area contributed by atoms with Crippen molar-refractivity contribution in [1.29, 1.82) is 0 Å². The van der Waals surface area contributed by atoms with Gasteiger partial charge in [0.15, 0.2) is 0 Å². The summed E-state index contributed by atoms with van der Waals surface area (Å²) in [6.45, 7) is 3.44. The molecule has 4 rings (SSSR count). The highest BCUT2D eigenvalue weighted by molar-refractivity contribution is 5.88. The van der Waals surface area contributed by atoms with Crippen molar-refractivity contribution in [2.24, 2.45) is 0 Å². The van der Waals surface area contributed by atoms with Crippen LogP contribution in [0.4, 0.5) is 0 Å². The van der Waals surface area contributed by atoms with Gasteiger partial charge < -0.3 is 34.3 Å². The van der Waals surface area contributed by atoms with E-state index in [0.29, 0.717) is 11.3 Å². The van der Waals surface area contributed by atoms with Gasteiger partial charge in [-0.05, 0) is 49.9 Å². The van der Waals surface area contributed by atoms with Crippen molar-refractivity contribution in [2.45, 2.75) is 57.4 Å². The molecule has 1 fully saturated rings. The zero-order chi connectivity index (χ0) is 22.1. The number of hydrogen-bond donors (Lipinski definition) is 4. The topological polar surface area (TPSA) is 113 Å². The van der Waals surface area contributed by atoms with Gasteiger partial charge in [0, 0.05) is 5.56 Å². The Labute approximate surface area is 180 Å². The Hall–Kier alpha value is -2.42. The minimum absolute atomic E-state index is 0.451. The third-order valence-electron chi connectivity index (χ3n) is 5.75. The van der Waals surface area contributed by atoms with E-state index >= 15 is 0 Å². The van der Waals surface area contributed by atoms with E-state index in [0.717, 1.165) is 29.4 Å². The molecule has 5 atom stereocenters. The number of furan rings is 1. The van der Waals surface area contributed by atoms with Crippen molar-refractivity contribution < 1.29 is 34.3 Å². The summed E-state index contributed by atoms with van der Waals surface area (Å²) in [7, 11) is 0. The smallest absolute Gasteiger partial charge is 0.229 e. The van der Waals surface area contributed by atoms with E-state index in [4.69, 9.17) is 13.9 Å². The molecular formula is C24H28O7. The molecule has 2 heterocycles. The van der Waals surface area contributed by atoms with Crippen LogP contribution in [0, 0.1) is 13.8 Å². The van der Waals surface area contributed by atoms with Crippen LogP contribution in [0.1, 0.15) is 22.3 Å². The monoisotopic (exact) mass is 428 g/mol. The van der Waals surface area contributed by atoms with Crippen LogP contribution in [0.15, 0.2) is 47.1 Å². The van der Waals surface area contributed by atoms with E-state index in [1.807, 2.05) is 19.1 Å². The fraction of sp³-hybridized carbons (Fsp3) is 0.417. The van der Waals surface area contributed by atoms with E-state index in [1.54, 1.807) is 6.26 Å². The Morgan fingerprint density at radius 3 is 2.35 bits per heavy atom. The van der Waals surface area contributed by atoms with Gasteiger partial charge in [0.1, 0.15) is 35.7 Å². The maximum atomic E-state index is 10.4. The van der Waals surface area contributed by atoms with Crippen molar-refractivity contribution in [3.05, 3.63) is 64.9 Å². The van der Waals surface area contributed by atoms with Crippen molar-refractivity contribution >= 4 is 11.0 Å². The van der Waals surface area contributed by atoms with Gasteiger partial charge in [0.05, 0.1) is 18.3 Å². The molecule has 0 amide bonds. The van der Waals surface area contributed by atoms with E-state index in [2.05, 4.69) is 31.2 Å². The first-order valence-electron chi connectivity index (χ1n) is 10.4. The molecule has 7 heteroatoms. The van der Waals surface area contributed by atoms with Crippen LogP contribution in [0.3, 0.4) is 0 Å². The average Bonchev–Trinajstić information content (AvgIpc) is 3.16. The van der Waals surface area contributed by atoms with Gasteiger partial charge in [-0.3, -0.25) is 0 Å². The zero-order valence-corrected chi connectivity index (χ0v) is 17.6. The van der Waals surface area contributed by atoms with Gasteiger partial charge in [-0.1, -0.05) is 29.8 Å². The van der Waals surface area contributed by atoms with Crippen LogP contribution in [-0.2, 0) is 17.6 Å². The first-order valence-corrected chi connectivity index (χ1v) is 10.4. The lowest BCUT2D eigenvalue weighted by molar-refractivity contribution is -0.277. The summed E-state index contributed by atoms with van der Waals surface area (Å²) in [5.41, 5.74) is 4.92. The molecule has 0 bridgehead atoms. The maximum absolute atomic E-state index is 10.4. The van der Waals surface area contributed by atoms with E-state index in [9.17, 15) is 20.4 Å². The number of aryl methyl sites for hydroxylation is 4. The Bertz CT molecular complexity index is 1020. The molecule has 0 unspecified atom stereocenters. The van der Waals surface area contributed by atoms with Crippen LogP contribution in [0.2, 0.25) is 0 Å². The first-order chi connectivity index (χ1) is 14.9. The SMILES string of the molecule is Cc1ccc(CCc2coc3cc(C)cc(O[C@@H]4O[C@H](CO)[C@@H](O)[C@H](O)[C@H]4O)c23)cc1. The fourth-order valence-electron chi connectivity index (χ4n) is 3.92. The average molecular weight is 428 g/mol. The summed E-state index contributed by atoms with van der Waals surface area (Å²) < 4.78 is 17.2. The maximum Gasteiger partial charge on any atom is 0.229 e. The van der Waals surface area contributed by atoms with E-state index in [1.165, 1.54) is 11.1 Å². The van der Waals surface area contributed by atoms with Crippen LogP contribution in [-0.4, -0.2) is 57.7 Å². The number of hydrogen-bond acceptors (Lipinski definition) is 7. The molecule has 7 nitrogen and oxygen atoms in total. The van der Waals surface area contributed by atoms with E-state index in [-0.39, 0.29) is 0 Å². The second-order valence-electron chi connectivity index (χ2n) is 8.20. The van der Waals surface area contributed by atoms with Gasteiger partial charge in [-0.25, -0.2) is 0 Å². The number of rotatable bonds is 6. The highest BCUT2D eigenvalue weighted by Gasteiger charge is 2.44. The first kappa shape index (κ1) is 21.8. The fourth-order valence-corrected chi connectivity index (χ4v) is 3.92. The molecule has 31 heavy (non-hydrogen) atoms. The summed E-state index contributed by atoms with van der Waals surface area (Å²) in [5.74, 6) is 0.451. The largest absolute Gasteiger partial charge is 0.464 e. The molecule has 1 aliphatic heterocycles. The summed E-state index contributed by atoms with van der Waals surface area (Å²) in [6, 6.07) is 12.1. The van der Waals surface area contributed by atoms with Gasteiger partial charge in [-0.15, -0.1) is 0 Å². The van der Waals surface area contributed by atoms with E-state index < -0.39 is 37.3 Å². The van der Waals surface area contributed by atoms with Gasteiger partial charge in [0.2, 0.25) is 6.29 Å². The third kappa shape index (κ3) is 4.46. The molecule has 3 aromatic rings. The lowest BCUT2D eigenvalue weighted by Gasteiger charge is -2.39. The molecule has 1 aromatic heterocycles. The Kier molecular flexibility index (Phi) is 6.31. The molecule has 0 aliphatic carbocycles. The second kappa shape index (κ2) is 8.98. The molecule has 1 aliphatic rings. The van der Waals surface area contributed by atoms with Crippen LogP contribution >= 0.6 is 0 Å². The molecule has 0 saturated carbocycles. The minimum atomic E-state index is -1.50. The predicted molar refractivity (Wildman–Crippen MR) is 114 cm³/mol. The predicted octanol–water partition coefficient (Wildman–Crippen LogP) is 2.01. The van der Waals surface area contributed by atoms with Crippen LogP contribution < -0.4 is 4.74 Å². The summed E-state index contributed by atoms with van der Waals surface area (Å²) in [4.78, 5) is 0. The van der Waals surface area contributed by atoms with Crippen molar-refractivity contribution in [3.8, 4) is 5.75 Å². The molecular weight excluding hydrogens is 400 g/mol. The number of ether oxygens (including phenoxy) is 2. The zero-order valence-electron chi connectivity index (χ0n) is 17.6. The Balaban J connectivity index is 1.61. The Morgan fingerprint density at radius 2 is 1.65 bits per heavy atom. The third-order valence-corrected chi connectivity index (χ3v) is 5.75. The lowest BCUT2D eigenvalue weighted by Crippen LogP contribution is -2.60. The molecule has 1 saturated heterocycles. The standard InChI is InChI=1S/C24H28O7/c1-13-3-5-15(6-4-13)7-8-16-12-29-17-9-14(2)10-18(20(16)17)30-24-23(28)22(27)21(26)19(11-25)31-24/h3-6,9-10,12,19,21-28H,7-8,11H2,1-2H3/t19-,21-,22+,23-,24-/m1/s1. The number of fused-ring (bicyclic) bond motifs is 1. The van der Waals surface area contributed by atoms with Crippen molar-refractivity contribution in [2.75, 3.05) is 6.61 Å². The molecule has 4 N–H and O–H groups in total. The summed E-state index contributed by atoms with van der Waals surface area (Å²) in [6.07, 6.45) is -3.44. The Morgan fingerprint density at radius 1 is 0.903 bits per heavy atom. The highest BCUT2D eigenvalue weighted by atomic mass is 16.7. The summed E-state index contributed by atoms with van der Waals surface area (Å²) in [5, 5.41) is 40.6. The molecule has 0 spiro atoms. The van der Waals surface area contributed by atoms with Crippen molar-refractivity contribution in [1.82, 2.24) is 0 Å². The number of aliphatic hydroxyl groups excluding tert-OH is 4. The molecule has 166 valence electrons.